The van der Waals surface area contributed by atoms with Crippen LogP contribution in [0.25, 0.3) is 0 Å². The van der Waals surface area contributed by atoms with E-state index < -0.39 is 35.9 Å². The molecule has 3 nitrogen and oxygen atoms in total. The first-order valence-electron chi connectivity index (χ1n) is 6.43. The molecule has 3 rings (SSSR count). The molecule has 1 aromatic rings. The van der Waals surface area contributed by atoms with Crippen molar-refractivity contribution in [2.75, 3.05) is 0 Å². The Morgan fingerprint density at radius 2 is 1.95 bits per heavy atom. The lowest BCUT2D eigenvalue weighted by Crippen LogP contribution is -2.33. The van der Waals surface area contributed by atoms with Crippen LogP contribution in [0.2, 0.25) is 0 Å². The van der Waals surface area contributed by atoms with Crippen molar-refractivity contribution < 1.29 is 27.1 Å². The van der Waals surface area contributed by atoms with E-state index in [9.17, 15) is 27.1 Å². The van der Waals surface area contributed by atoms with Crippen LogP contribution >= 0.6 is 0 Å². The number of nitrogens with zero attached hydrogens (tertiary/aromatic N) is 2. The van der Waals surface area contributed by atoms with Gasteiger partial charge in [0.05, 0.1) is 0 Å². The summed E-state index contributed by atoms with van der Waals surface area (Å²) in [5, 5.41) is 13.1. The maximum atomic E-state index is 13.5. The van der Waals surface area contributed by atoms with Crippen molar-refractivity contribution in [3.8, 4) is 0 Å². The first-order valence-corrected chi connectivity index (χ1v) is 6.43. The van der Waals surface area contributed by atoms with Crippen LogP contribution < -0.4 is 0 Å². The van der Waals surface area contributed by atoms with Crippen molar-refractivity contribution in [1.82, 2.24) is 9.78 Å². The third kappa shape index (κ3) is 2.19. The fraction of sp³-hybridized carbons (Fsp3) is 0.750. The second kappa shape index (κ2) is 4.16. The lowest BCUT2D eigenvalue weighted by molar-refractivity contribution is -0.150. The molecule has 112 valence electrons. The molecular weight excluding hydrogens is 283 g/mol. The van der Waals surface area contributed by atoms with Crippen LogP contribution in [0.4, 0.5) is 22.0 Å². The van der Waals surface area contributed by atoms with E-state index in [2.05, 4.69) is 5.10 Å². The second-order valence-corrected chi connectivity index (χ2v) is 5.50. The summed E-state index contributed by atoms with van der Waals surface area (Å²) in [7, 11) is 0. The van der Waals surface area contributed by atoms with Gasteiger partial charge in [0.2, 0.25) is 0 Å². The molecule has 2 aliphatic rings. The SMILES string of the molecule is O[C@H]1c2c(C(F)(F)F)nn(CC3CC3)c2CCC1(F)F. The fourth-order valence-corrected chi connectivity index (χ4v) is 2.60. The van der Waals surface area contributed by atoms with Gasteiger partial charge in [-0.2, -0.15) is 18.3 Å². The van der Waals surface area contributed by atoms with E-state index >= 15 is 0 Å². The van der Waals surface area contributed by atoms with E-state index in [1.165, 1.54) is 0 Å². The van der Waals surface area contributed by atoms with E-state index in [1.54, 1.807) is 0 Å². The minimum absolute atomic E-state index is 0.0997. The van der Waals surface area contributed by atoms with Crippen molar-refractivity contribution in [3.05, 3.63) is 17.0 Å². The smallest absolute Gasteiger partial charge is 0.382 e. The van der Waals surface area contributed by atoms with E-state index in [0.717, 1.165) is 17.5 Å². The first kappa shape index (κ1) is 13.8. The van der Waals surface area contributed by atoms with Gasteiger partial charge in [-0.25, -0.2) is 8.78 Å². The zero-order valence-electron chi connectivity index (χ0n) is 10.4. The van der Waals surface area contributed by atoms with Crippen molar-refractivity contribution in [1.29, 1.82) is 0 Å². The molecule has 1 fully saturated rings. The van der Waals surface area contributed by atoms with E-state index in [-0.39, 0.29) is 18.0 Å². The molecule has 0 spiro atoms. The standard InChI is InChI=1S/C12H13F5N2O/c13-11(14)4-3-7-8(10(11)20)9(12(15,16)17)18-19(7)5-6-1-2-6/h6,10,20H,1-5H2/t10-/m0/s1. The molecule has 2 aliphatic carbocycles. The Morgan fingerprint density at radius 3 is 2.50 bits per heavy atom. The third-order valence-electron chi connectivity index (χ3n) is 3.86. The number of aliphatic hydroxyl groups excluding tert-OH is 1. The third-order valence-corrected chi connectivity index (χ3v) is 3.86. The molecule has 0 bridgehead atoms. The Balaban J connectivity index is 2.09. The minimum Gasteiger partial charge on any atom is -0.382 e. The first-order chi connectivity index (χ1) is 9.20. The number of aromatic nitrogens is 2. The van der Waals surface area contributed by atoms with Crippen molar-refractivity contribution in [2.45, 2.75) is 50.4 Å². The molecular formula is C12H13F5N2O. The van der Waals surface area contributed by atoms with Gasteiger partial charge in [-0.1, -0.05) is 0 Å². The summed E-state index contributed by atoms with van der Waals surface area (Å²) in [5.41, 5.74) is -2.02. The molecule has 1 saturated carbocycles. The number of halogens is 5. The van der Waals surface area contributed by atoms with Crippen molar-refractivity contribution in [3.63, 3.8) is 0 Å². The highest BCUT2D eigenvalue weighted by Crippen LogP contribution is 2.47. The zero-order chi connectivity index (χ0) is 14.7. The molecule has 0 saturated heterocycles. The maximum Gasteiger partial charge on any atom is 0.435 e. The van der Waals surface area contributed by atoms with Gasteiger partial charge in [0.1, 0.15) is 6.10 Å². The van der Waals surface area contributed by atoms with Crippen LogP contribution in [0, 0.1) is 5.92 Å². The molecule has 0 amide bonds. The number of hydrogen-bond acceptors (Lipinski definition) is 2. The van der Waals surface area contributed by atoms with Crippen LogP contribution in [0.5, 0.6) is 0 Å². The van der Waals surface area contributed by atoms with Gasteiger partial charge in [0.25, 0.3) is 5.92 Å². The van der Waals surface area contributed by atoms with Crippen molar-refractivity contribution in [2.24, 2.45) is 5.92 Å². The highest BCUT2D eigenvalue weighted by Gasteiger charge is 2.51. The van der Waals surface area contributed by atoms with Gasteiger partial charge in [-0.3, -0.25) is 4.68 Å². The van der Waals surface area contributed by atoms with E-state index in [4.69, 9.17) is 0 Å². The molecule has 0 aromatic carbocycles. The molecule has 1 heterocycles. The molecule has 1 aromatic heterocycles. The predicted molar refractivity (Wildman–Crippen MR) is 58.2 cm³/mol. The van der Waals surface area contributed by atoms with Gasteiger partial charge < -0.3 is 5.11 Å². The lowest BCUT2D eigenvalue weighted by atomic mass is 9.89. The highest BCUT2D eigenvalue weighted by molar-refractivity contribution is 5.35. The van der Waals surface area contributed by atoms with Crippen LogP contribution in [0.15, 0.2) is 0 Å². The Morgan fingerprint density at radius 1 is 1.30 bits per heavy atom. The minimum atomic E-state index is -4.84. The number of hydrogen-bond donors (Lipinski definition) is 1. The number of fused-ring (bicyclic) bond motifs is 1. The number of rotatable bonds is 2. The van der Waals surface area contributed by atoms with E-state index in [0.29, 0.717) is 6.54 Å². The summed E-state index contributed by atoms with van der Waals surface area (Å²) >= 11 is 0. The highest BCUT2D eigenvalue weighted by atomic mass is 19.4. The van der Waals surface area contributed by atoms with Gasteiger partial charge in [0.15, 0.2) is 5.69 Å². The summed E-state index contributed by atoms with van der Waals surface area (Å²) in [6, 6.07) is 0. The summed E-state index contributed by atoms with van der Waals surface area (Å²) in [5.74, 6) is -3.28. The largest absolute Gasteiger partial charge is 0.435 e. The van der Waals surface area contributed by atoms with Gasteiger partial charge >= 0.3 is 6.18 Å². The molecule has 0 radical (unpaired) electrons. The van der Waals surface area contributed by atoms with Crippen molar-refractivity contribution >= 4 is 0 Å². The monoisotopic (exact) mass is 296 g/mol. The van der Waals surface area contributed by atoms with Crippen LogP contribution in [-0.4, -0.2) is 20.8 Å². The second-order valence-electron chi connectivity index (χ2n) is 5.50. The summed E-state index contributed by atoms with van der Waals surface area (Å²) < 4.78 is 66.9. The molecule has 1 atom stereocenters. The van der Waals surface area contributed by atoms with Crippen LogP contribution in [0.3, 0.4) is 0 Å². The normalized spacial score (nSPS) is 25.6. The quantitative estimate of drug-likeness (QED) is 0.852. The molecule has 8 heteroatoms. The van der Waals surface area contributed by atoms with E-state index in [1.807, 2.05) is 0 Å². The van der Waals surface area contributed by atoms with Gasteiger partial charge in [0, 0.05) is 24.2 Å². The average Bonchev–Trinajstić information content (AvgIpc) is 3.03. The maximum absolute atomic E-state index is 13.5. The Kier molecular flexibility index (Phi) is 2.87. The number of alkyl halides is 5. The number of aliphatic hydroxyl groups is 1. The van der Waals surface area contributed by atoms with Crippen LogP contribution in [0.1, 0.15) is 42.3 Å². The zero-order valence-corrected chi connectivity index (χ0v) is 10.4. The predicted octanol–water partition coefficient (Wildman–Crippen LogP) is 2.93. The molecule has 0 unspecified atom stereocenters. The van der Waals surface area contributed by atoms with Gasteiger partial charge in [-0.05, 0) is 25.2 Å². The summed E-state index contributed by atoms with van der Waals surface area (Å²) in [6.45, 7) is 0.302. The topological polar surface area (TPSA) is 38.1 Å². The van der Waals surface area contributed by atoms with Crippen LogP contribution in [-0.2, 0) is 19.1 Å². The average molecular weight is 296 g/mol. The fourth-order valence-electron chi connectivity index (χ4n) is 2.60. The Bertz CT molecular complexity index is 533. The van der Waals surface area contributed by atoms with Gasteiger partial charge in [-0.15, -0.1) is 0 Å². The Labute approximate surface area is 111 Å². The summed E-state index contributed by atoms with van der Waals surface area (Å²) in [6.07, 6.45) is -6.31. The molecule has 1 N–H and O–H groups in total. The molecule has 20 heavy (non-hydrogen) atoms. The Hall–Kier alpha value is -1.18. The summed E-state index contributed by atoms with van der Waals surface area (Å²) in [4.78, 5) is 0. The molecule has 0 aliphatic heterocycles. The lowest BCUT2D eigenvalue weighted by Gasteiger charge is -2.28.